The SMILES string of the molecule is CC1=C(C(=O)Nc2ccccc2)[C@@H](c2ccccc2[N+](=O)[O-])n2ncc(C(=O)Nc3cccc(C)c3)c2N1. The Labute approximate surface area is 218 Å². The van der Waals surface area contributed by atoms with Crippen LogP contribution in [0.4, 0.5) is 22.9 Å². The van der Waals surface area contributed by atoms with Gasteiger partial charge in [0.05, 0.1) is 22.3 Å². The highest BCUT2D eigenvalue weighted by Gasteiger charge is 2.38. The Balaban J connectivity index is 1.60. The Morgan fingerprint density at radius 1 is 0.921 bits per heavy atom. The van der Waals surface area contributed by atoms with Crippen LogP contribution in [0.2, 0.25) is 0 Å². The van der Waals surface area contributed by atoms with Crippen molar-refractivity contribution in [2.24, 2.45) is 0 Å². The van der Waals surface area contributed by atoms with E-state index in [-0.39, 0.29) is 22.4 Å². The number of aromatic nitrogens is 2. The lowest BCUT2D eigenvalue weighted by molar-refractivity contribution is -0.385. The third-order valence-corrected chi connectivity index (χ3v) is 6.25. The van der Waals surface area contributed by atoms with Gasteiger partial charge >= 0.3 is 0 Å². The van der Waals surface area contributed by atoms with Crippen LogP contribution >= 0.6 is 0 Å². The molecule has 0 aliphatic carbocycles. The maximum Gasteiger partial charge on any atom is 0.275 e. The van der Waals surface area contributed by atoms with E-state index in [9.17, 15) is 19.7 Å². The minimum absolute atomic E-state index is 0.163. The van der Waals surface area contributed by atoms with Gasteiger partial charge in [-0.15, -0.1) is 0 Å². The number of benzene rings is 3. The van der Waals surface area contributed by atoms with E-state index >= 15 is 0 Å². The molecule has 2 heterocycles. The van der Waals surface area contributed by atoms with Gasteiger partial charge in [0.25, 0.3) is 17.5 Å². The lowest BCUT2D eigenvalue weighted by atomic mass is 9.93. The average molecular weight is 509 g/mol. The Bertz CT molecular complexity index is 1590. The van der Waals surface area contributed by atoms with E-state index in [1.54, 1.807) is 55.5 Å². The van der Waals surface area contributed by atoms with E-state index in [0.717, 1.165) is 5.56 Å². The predicted octanol–water partition coefficient (Wildman–Crippen LogP) is 5.28. The molecule has 10 heteroatoms. The van der Waals surface area contributed by atoms with Gasteiger partial charge in [-0.05, 0) is 49.7 Å². The molecule has 0 saturated heterocycles. The number of amides is 2. The molecule has 3 aromatic carbocycles. The minimum atomic E-state index is -0.961. The number of carbonyl (C=O) groups excluding carboxylic acids is 2. The zero-order valence-electron chi connectivity index (χ0n) is 20.6. The number of nitrogens with one attached hydrogen (secondary N) is 3. The normalized spacial score (nSPS) is 14.3. The van der Waals surface area contributed by atoms with Gasteiger partial charge in [-0.25, -0.2) is 4.68 Å². The molecule has 0 unspecified atom stereocenters. The molecular formula is C28H24N6O4. The molecule has 4 aromatic rings. The quantitative estimate of drug-likeness (QED) is 0.240. The largest absolute Gasteiger partial charge is 0.343 e. The van der Waals surface area contributed by atoms with Crippen LogP contribution in [0.25, 0.3) is 0 Å². The summed E-state index contributed by atoms with van der Waals surface area (Å²) in [5.74, 6) is -0.529. The summed E-state index contributed by atoms with van der Waals surface area (Å²) in [5.41, 5.74) is 3.21. The Morgan fingerprint density at radius 2 is 1.61 bits per heavy atom. The van der Waals surface area contributed by atoms with Gasteiger partial charge in [-0.1, -0.05) is 42.5 Å². The lowest BCUT2D eigenvalue weighted by Gasteiger charge is -2.30. The minimum Gasteiger partial charge on any atom is -0.343 e. The zero-order valence-corrected chi connectivity index (χ0v) is 20.6. The highest BCUT2D eigenvalue weighted by Crippen LogP contribution is 2.41. The van der Waals surface area contributed by atoms with Gasteiger partial charge in [-0.3, -0.25) is 19.7 Å². The molecule has 190 valence electrons. The molecule has 10 nitrogen and oxygen atoms in total. The highest BCUT2D eigenvalue weighted by atomic mass is 16.6. The lowest BCUT2D eigenvalue weighted by Crippen LogP contribution is -2.32. The van der Waals surface area contributed by atoms with Crippen molar-refractivity contribution < 1.29 is 14.5 Å². The van der Waals surface area contributed by atoms with Gasteiger partial charge in [0.15, 0.2) is 0 Å². The van der Waals surface area contributed by atoms with Gasteiger partial charge in [-0.2, -0.15) is 5.10 Å². The predicted molar refractivity (Wildman–Crippen MR) is 144 cm³/mol. The van der Waals surface area contributed by atoms with Crippen LogP contribution in [0, 0.1) is 17.0 Å². The smallest absolute Gasteiger partial charge is 0.275 e. The summed E-state index contributed by atoms with van der Waals surface area (Å²) in [6, 6.07) is 21.5. The van der Waals surface area contributed by atoms with Gasteiger partial charge in [0.1, 0.15) is 17.4 Å². The fourth-order valence-electron chi connectivity index (χ4n) is 4.53. The molecule has 1 aliphatic heterocycles. The van der Waals surface area contributed by atoms with Crippen LogP contribution < -0.4 is 16.0 Å². The second kappa shape index (κ2) is 10.0. The molecule has 1 atom stereocenters. The van der Waals surface area contributed by atoms with E-state index in [1.165, 1.54) is 16.9 Å². The molecule has 1 aromatic heterocycles. The summed E-state index contributed by atoms with van der Waals surface area (Å²) in [4.78, 5) is 38.3. The number of hydrogen-bond acceptors (Lipinski definition) is 6. The van der Waals surface area contributed by atoms with E-state index in [0.29, 0.717) is 22.9 Å². The molecule has 1 aliphatic rings. The zero-order chi connectivity index (χ0) is 26.8. The van der Waals surface area contributed by atoms with Crippen LogP contribution in [-0.2, 0) is 4.79 Å². The second-order valence-electron chi connectivity index (χ2n) is 8.88. The fourth-order valence-corrected chi connectivity index (χ4v) is 4.53. The number of allylic oxidation sites excluding steroid dienone is 1. The molecular weight excluding hydrogens is 484 g/mol. The van der Waals surface area contributed by atoms with Crippen molar-refractivity contribution in [2.45, 2.75) is 19.9 Å². The molecule has 0 fully saturated rings. The molecule has 0 saturated carbocycles. The van der Waals surface area contributed by atoms with Crippen LogP contribution in [-0.4, -0.2) is 26.5 Å². The first kappa shape index (κ1) is 24.4. The number of hydrogen-bond donors (Lipinski definition) is 3. The van der Waals surface area contributed by atoms with Crippen LogP contribution in [0.5, 0.6) is 0 Å². The Kier molecular flexibility index (Phi) is 6.44. The number of para-hydroxylation sites is 2. The summed E-state index contributed by atoms with van der Waals surface area (Å²) in [6.07, 6.45) is 1.39. The van der Waals surface area contributed by atoms with Gasteiger partial charge in [0.2, 0.25) is 0 Å². The maximum atomic E-state index is 13.6. The molecule has 0 bridgehead atoms. The van der Waals surface area contributed by atoms with E-state index in [1.807, 2.05) is 31.2 Å². The number of fused-ring (bicyclic) bond motifs is 1. The summed E-state index contributed by atoms with van der Waals surface area (Å²) in [5, 5.41) is 25.2. The van der Waals surface area contributed by atoms with Crippen molar-refractivity contribution in [3.05, 3.63) is 123 Å². The van der Waals surface area contributed by atoms with Crippen molar-refractivity contribution in [1.82, 2.24) is 9.78 Å². The van der Waals surface area contributed by atoms with Crippen molar-refractivity contribution in [3.8, 4) is 0 Å². The number of anilines is 3. The highest BCUT2D eigenvalue weighted by molar-refractivity contribution is 6.09. The first-order chi connectivity index (χ1) is 18.3. The van der Waals surface area contributed by atoms with Gasteiger partial charge < -0.3 is 16.0 Å². The van der Waals surface area contributed by atoms with Crippen LogP contribution in [0.3, 0.4) is 0 Å². The van der Waals surface area contributed by atoms with E-state index in [4.69, 9.17) is 0 Å². The van der Waals surface area contributed by atoms with Crippen molar-refractivity contribution in [3.63, 3.8) is 0 Å². The standard InChI is InChI=1S/C28H24N6O4/c1-17-9-8-12-20(15-17)32-27(35)22-16-29-33-25(21-13-6-7-14-23(21)34(37)38)24(18(2)30-26(22)33)28(36)31-19-10-4-3-5-11-19/h3-16,25,30H,1-2H3,(H,31,36)(H,32,35)/t25-/m1/s1. The maximum absolute atomic E-state index is 13.6. The van der Waals surface area contributed by atoms with E-state index in [2.05, 4.69) is 21.0 Å². The first-order valence-electron chi connectivity index (χ1n) is 11.9. The van der Waals surface area contributed by atoms with Crippen molar-refractivity contribution in [2.75, 3.05) is 16.0 Å². The van der Waals surface area contributed by atoms with Crippen molar-refractivity contribution in [1.29, 1.82) is 0 Å². The summed E-state index contributed by atoms with van der Waals surface area (Å²) < 4.78 is 1.44. The Morgan fingerprint density at radius 3 is 2.34 bits per heavy atom. The number of carbonyl (C=O) groups is 2. The average Bonchev–Trinajstić information content (AvgIpc) is 3.32. The number of nitro benzene ring substituents is 1. The summed E-state index contributed by atoms with van der Waals surface area (Å²) >= 11 is 0. The molecule has 3 N–H and O–H groups in total. The number of nitrogens with zero attached hydrogens (tertiary/aromatic N) is 3. The fraction of sp³-hybridized carbons (Fsp3) is 0.107. The monoisotopic (exact) mass is 508 g/mol. The number of nitro groups is 1. The molecule has 2 amide bonds. The van der Waals surface area contributed by atoms with Crippen molar-refractivity contribution >= 4 is 34.7 Å². The third kappa shape index (κ3) is 4.62. The molecule has 0 radical (unpaired) electrons. The van der Waals surface area contributed by atoms with Crippen LogP contribution in [0.15, 0.2) is 96.3 Å². The van der Waals surface area contributed by atoms with Gasteiger partial charge in [0, 0.05) is 23.1 Å². The third-order valence-electron chi connectivity index (χ3n) is 6.25. The van der Waals surface area contributed by atoms with Crippen LogP contribution in [0.1, 0.15) is 34.5 Å². The number of aryl methyl sites for hydroxylation is 1. The molecule has 5 rings (SSSR count). The summed E-state index contributed by atoms with van der Waals surface area (Å²) in [6.45, 7) is 3.62. The second-order valence-corrected chi connectivity index (χ2v) is 8.88. The van der Waals surface area contributed by atoms with E-state index < -0.39 is 22.8 Å². The molecule has 38 heavy (non-hydrogen) atoms. The first-order valence-corrected chi connectivity index (χ1v) is 11.9. The topological polar surface area (TPSA) is 131 Å². The summed E-state index contributed by atoms with van der Waals surface area (Å²) in [7, 11) is 0. The molecule has 0 spiro atoms. The number of rotatable bonds is 6. The Hall–Kier alpha value is -5.25.